The summed E-state index contributed by atoms with van der Waals surface area (Å²) >= 11 is 0. The van der Waals surface area contributed by atoms with E-state index in [1.165, 1.54) is 0 Å². The van der Waals surface area contributed by atoms with E-state index in [2.05, 4.69) is 6.07 Å². The van der Waals surface area contributed by atoms with Crippen molar-refractivity contribution in [2.45, 2.75) is 38.7 Å². The van der Waals surface area contributed by atoms with Crippen molar-refractivity contribution < 1.29 is 9.53 Å². The highest BCUT2D eigenvalue weighted by atomic mass is 16.5. The zero-order valence-corrected chi connectivity index (χ0v) is 7.25. The Labute approximate surface area is 72.3 Å². The minimum atomic E-state index is -0.192. The molecule has 0 heterocycles. The molecule has 66 valence electrons. The minimum absolute atomic E-state index is 0.0690. The van der Waals surface area contributed by atoms with Gasteiger partial charge in [0.2, 0.25) is 0 Å². The summed E-state index contributed by atoms with van der Waals surface area (Å²) in [6, 6.07) is 2.17. The van der Waals surface area contributed by atoms with Crippen molar-refractivity contribution in [1.82, 2.24) is 0 Å². The second-order valence-electron chi connectivity index (χ2n) is 3.05. The molecule has 1 rings (SSSR count). The Hall–Kier alpha value is -1.04. The fourth-order valence-electron chi connectivity index (χ4n) is 1.47. The van der Waals surface area contributed by atoms with Crippen LogP contribution in [0.4, 0.5) is 0 Å². The van der Waals surface area contributed by atoms with E-state index in [1.807, 2.05) is 0 Å². The molecule has 3 heteroatoms. The summed E-state index contributed by atoms with van der Waals surface area (Å²) in [6.07, 6.45) is 2.99. The summed E-state index contributed by atoms with van der Waals surface area (Å²) in [6.45, 7) is 1.76. The van der Waals surface area contributed by atoms with E-state index in [1.54, 1.807) is 6.92 Å². The van der Waals surface area contributed by atoms with Crippen LogP contribution in [0.25, 0.3) is 0 Å². The van der Waals surface area contributed by atoms with Crippen LogP contribution in [0.1, 0.15) is 32.6 Å². The molecule has 0 aromatic heterocycles. The van der Waals surface area contributed by atoms with Gasteiger partial charge in [-0.05, 0) is 19.3 Å². The second kappa shape index (κ2) is 4.10. The highest BCUT2D eigenvalue weighted by Gasteiger charge is 2.29. The Morgan fingerprint density at radius 2 is 2.42 bits per heavy atom. The van der Waals surface area contributed by atoms with E-state index in [0.29, 0.717) is 6.42 Å². The zero-order valence-electron chi connectivity index (χ0n) is 7.25. The van der Waals surface area contributed by atoms with Crippen LogP contribution in [0, 0.1) is 17.2 Å². The Balaban J connectivity index is 2.42. The highest BCUT2D eigenvalue weighted by molar-refractivity contribution is 5.69. The average molecular weight is 167 g/mol. The molecule has 0 aliphatic heterocycles. The molecule has 0 bridgehead atoms. The molecular formula is C9H13NO2. The van der Waals surface area contributed by atoms with E-state index >= 15 is 0 Å². The lowest BCUT2D eigenvalue weighted by Crippen LogP contribution is -2.20. The third kappa shape index (κ3) is 1.97. The molecule has 0 unspecified atom stereocenters. The van der Waals surface area contributed by atoms with Crippen molar-refractivity contribution in [1.29, 1.82) is 5.26 Å². The summed E-state index contributed by atoms with van der Waals surface area (Å²) in [5.74, 6) is -0.261. The Morgan fingerprint density at radius 3 is 3.00 bits per heavy atom. The van der Waals surface area contributed by atoms with Gasteiger partial charge in [-0.15, -0.1) is 0 Å². The minimum Gasteiger partial charge on any atom is -0.461 e. The van der Waals surface area contributed by atoms with Crippen LogP contribution in [0.15, 0.2) is 0 Å². The molecular weight excluding hydrogens is 154 g/mol. The molecule has 0 N–H and O–H groups in total. The molecule has 2 atom stereocenters. The lowest BCUT2D eigenvalue weighted by atomic mass is 10.1. The van der Waals surface area contributed by atoms with Gasteiger partial charge in [0.25, 0.3) is 0 Å². The summed E-state index contributed by atoms with van der Waals surface area (Å²) in [5.41, 5.74) is 0. The van der Waals surface area contributed by atoms with Gasteiger partial charge in [-0.25, -0.2) is 0 Å². The Bertz CT molecular complexity index is 207. The SMILES string of the molecule is CCC(=O)O[C@@H]1CCC[C@H]1C#N. The lowest BCUT2D eigenvalue weighted by molar-refractivity contribution is -0.149. The number of ether oxygens (including phenoxy) is 1. The summed E-state index contributed by atoms with van der Waals surface area (Å²) < 4.78 is 5.10. The molecule has 0 radical (unpaired) electrons. The number of nitrogens with zero attached hydrogens (tertiary/aromatic N) is 1. The first kappa shape index (κ1) is 9.05. The second-order valence-corrected chi connectivity index (χ2v) is 3.05. The number of carbonyl (C=O) groups excluding carboxylic acids is 1. The number of carbonyl (C=O) groups is 1. The number of hydrogen-bond donors (Lipinski definition) is 0. The molecule has 1 aliphatic rings. The van der Waals surface area contributed by atoms with E-state index in [0.717, 1.165) is 19.3 Å². The van der Waals surface area contributed by atoms with Gasteiger partial charge in [0.05, 0.1) is 12.0 Å². The normalized spacial score (nSPS) is 28.0. The maximum Gasteiger partial charge on any atom is 0.305 e. The van der Waals surface area contributed by atoms with Crippen molar-refractivity contribution in [3.63, 3.8) is 0 Å². The van der Waals surface area contributed by atoms with Gasteiger partial charge in [0.15, 0.2) is 0 Å². The summed E-state index contributed by atoms with van der Waals surface area (Å²) in [4.78, 5) is 10.9. The van der Waals surface area contributed by atoms with Crippen LogP contribution < -0.4 is 0 Å². The number of nitriles is 1. The predicted octanol–water partition coefficient (Wildman–Crippen LogP) is 1.63. The van der Waals surface area contributed by atoms with Gasteiger partial charge >= 0.3 is 5.97 Å². The van der Waals surface area contributed by atoms with Gasteiger partial charge in [-0.2, -0.15) is 5.26 Å². The van der Waals surface area contributed by atoms with Crippen LogP contribution in [0.2, 0.25) is 0 Å². The first-order chi connectivity index (χ1) is 5.77. The van der Waals surface area contributed by atoms with Gasteiger partial charge in [-0.3, -0.25) is 4.79 Å². The molecule has 1 fully saturated rings. The van der Waals surface area contributed by atoms with Crippen LogP contribution in [-0.2, 0) is 9.53 Å². The van der Waals surface area contributed by atoms with Crippen molar-refractivity contribution in [2.75, 3.05) is 0 Å². The first-order valence-electron chi connectivity index (χ1n) is 4.37. The van der Waals surface area contributed by atoms with Crippen LogP contribution in [0.3, 0.4) is 0 Å². The average Bonchev–Trinajstić information content (AvgIpc) is 2.51. The largest absolute Gasteiger partial charge is 0.461 e. The zero-order chi connectivity index (χ0) is 8.97. The molecule has 1 aliphatic carbocycles. The van der Waals surface area contributed by atoms with Gasteiger partial charge < -0.3 is 4.74 Å². The monoisotopic (exact) mass is 167 g/mol. The van der Waals surface area contributed by atoms with E-state index in [9.17, 15) is 4.79 Å². The smallest absolute Gasteiger partial charge is 0.305 e. The van der Waals surface area contributed by atoms with Crippen molar-refractivity contribution >= 4 is 5.97 Å². The molecule has 0 saturated heterocycles. The summed E-state index contributed by atoms with van der Waals surface area (Å²) in [7, 11) is 0. The third-order valence-corrected chi connectivity index (χ3v) is 2.19. The van der Waals surface area contributed by atoms with E-state index in [-0.39, 0.29) is 18.0 Å². The fraction of sp³-hybridized carbons (Fsp3) is 0.778. The third-order valence-electron chi connectivity index (χ3n) is 2.19. The quantitative estimate of drug-likeness (QED) is 0.587. The van der Waals surface area contributed by atoms with Crippen molar-refractivity contribution in [3.05, 3.63) is 0 Å². The number of hydrogen-bond acceptors (Lipinski definition) is 3. The molecule has 0 aromatic rings. The first-order valence-corrected chi connectivity index (χ1v) is 4.37. The predicted molar refractivity (Wildman–Crippen MR) is 43.1 cm³/mol. The van der Waals surface area contributed by atoms with Gasteiger partial charge in [0.1, 0.15) is 6.10 Å². The Morgan fingerprint density at radius 1 is 1.67 bits per heavy atom. The summed E-state index contributed by atoms with van der Waals surface area (Å²) in [5, 5.41) is 8.68. The number of esters is 1. The molecule has 0 amide bonds. The van der Waals surface area contributed by atoms with Crippen LogP contribution in [0.5, 0.6) is 0 Å². The van der Waals surface area contributed by atoms with Gasteiger partial charge in [-0.1, -0.05) is 6.92 Å². The molecule has 0 aromatic carbocycles. The maximum absolute atomic E-state index is 10.9. The lowest BCUT2D eigenvalue weighted by Gasteiger charge is -2.13. The molecule has 12 heavy (non-hydrogen) atoms. The topological polar surface area (TPSA) is 50.1 Å². The van der Waals surface area contributed by atoms with Gasteiger partial charge in [0, 0.05) is 6.42 Å². The molecule has 3 nitrogen and oxygen atoms in total. The van der Waals surface area contributed by atoms with Crippen LogP contribution in [-0.4, -0.2) is 12.1 Å². The Kier molecular flexibility index (Phi) is 3.09. The standard InChI is InChI=1S/C9H13NO2/c1-2-9(11)12-8-5-3-4-7(8)6-10/h7-8H,2-5H2,1H3/t7-,8+/m0/s1. The van der Waals surface area contributed by atoms with E-state index in [4.69, 9.17) is 10.00 Å². The van der Waals surface area contributed by atoms with Crippen molar-refractivity contribution in [2.24, 2.45) is 5.92 Å². The highest BCUT2D eigenvalue weighted by Crippen LogP contribution is 2.27. The molecule has 1 saturated carbocycles. The maximum atomic E-state index is 10.9. The number of rotatable bonds is 2. The fourth-order valence-corrected chi connectivity index (χ4v) is 1.47. The van der Waals surface area contributed by atoms with E-state index < -0.39 is 0 Å². The van der Waals surface area contributed by atoms with Crippen LogP contribution >= 0.6 is 0 Å². The molecule has 0 spiro atoms. The van der Waals surface area contributed by atoms with Crippen molar-refractivity contribution in [3.8, 4) is 6.07 Å².